The van der Waals surface area contributed by atoms with Gasteiger partial charge in [0.1, 0.15) is 17.2 Å². The van der Waals surface area contributed by atoms with Crippen LogP contribution in [0.5, 0.6) is 5.75 Å². The molecule has 0 aliphatic rings. The number of rotatable bonds is 5. The van der Waals surface area contributed by atoms with Crippen LogP contribution >= 0.6 is 11.3 Å². The van der Waals surface area contributed by atoms with Crippen molar-refractivity contribution in [1.82, 2.24) is 0 Å². The van der Waals surface area contributed by atoms with Gasteiger partial charge in [-0.2, -0.15) is 0 Å². The molecule has 0 aliphatic heterocycles. The molecule has 5 nitrogen and oxygen atoms in total. The van der Waals surface area contributed by atoms with Gasteiger partial charge in [-0.1, -0.05) is 12.1 Å². The summed E-state index contributed by atoms with van der Waals surface area (Å²) in [7, 11) is 0. The zero-order valence-electron chi connectivity index (χ0n) is 10.8. The summed E-state index contributed by atoms with van der Waals surface area (Å²) in [6.07, 6.45) is 0. The first-order valence-electron chi connectivity index (χ1n) is 5.87. The lowest BCUT2D eigenvalue weighted by molar-refractivity contribution is -0.114. The van der Waals surface area contributed by atoms with Gasteiger partial charge in [-0.05, 0) is 23.6 Å². The normalized spacial score (nSPS) is 10.1. The second kappa shape index (κ2) is 6.21. The molecule has 0 atom stereocenters. The molecule has 1 amide bonds. The number of benzene rings is 1. The van der Waals surface area contributed by atoms with Gasteiger partial charge in [0.15, 0.2) is 0 Å². The maximum Gasteiger partial charge on any atom is 0.346 e. The minimum atomic E-state index is -0.964. The van der Waals surface area contributed by atoms with Gasteiger partial charge in [0.25, 0.3) is 0 Å². The second-order valence-electron chi connectivity index (χ2n) is 4.05. The molecular formula is C14H13NO4S. The Bertz CT molecular complexity index is 636. The third kappa shape index (κ3) is 3.36. The number of hydrogen-bond acceptors (Lipinski definition) is 4. The molecule has 104 valence electrons. The molecule has 1 aromatic heterocycles. The van der Waals surface area contributed by atoms with Crippen LogP contribution in [0.4, 0.5) is 5.69 Å². The first kappa shape index (κ1) is 14.1. The summed E-state index contributed by atoms with van der Waals surface area (Å²) in [5, 5.41) is 13.4. The molecule has 0 spiro atoms. The van der Waals surface area contributed by atoms with Crippen molar-refractivity contribution < 1.29 is 19.4 Å². The highest BCUT2D eigenvalue weighted by Crippen LogP contribution is 2.26. The van der Waals surface area contributed by atoms with E-state index >= 15 is 0 Å². The summed E-state index contributed by atoms with van der Waals surface area (Å²) in [6, 6.07) is 8.73. The zero-order valence-corrected chi connectivity index (χ0v) is 11.6. The number of nitrogens with one attached hydrogen (secondary N) is 1. The molecule has 0 saturated heterocycles. The number of carboxylic acid groups (broad SMARTS) is 1. The fourth-order valence-electron chi connectivity index (χ4n) is 1.68. The summed E-state index contributed by atoms with van der Waals surface area (Å²) >= 11 is 1.16. The SMILES string of the molecule is CC(=O)Nc1ccccc1OCc1ccsc1C(=O)O. The van der Waals surface area contributed by atoms with E-state index in [0.717, 1.165) is 11.3 Å². The molecule has 2 rings (SSSR count). The van der Waals surface area contributed by atoms with Gasteiger partial charge in [-0.25, -0.2) is 4.79 Å². The van der Waals surface area contributed by atoms with E-state index in [1.54, 1.807) is 35.7 Å². The Morgan fingerprint density at radius 2 is 2.05 bits per heavy atom. The fraction of sp³-hybridized carbons (Fsp3) is 0.143. The molecule has 1 heterocycles. The van der Waals surface area contributed by atoms with Gasteiger partial charge in [-0.15, -0.1) is 11.3 Å². The number of anilines is 1. The average Bonchev–Trinajstić information content (AvgIpc) is 2.85. The fourth-order valence-corrected chi connectivity index (χ4v) is 2.43. The highest BCUT2D eigenvalue weighted by molar-refractivity contribution is 7.12. The molecular weight excluding hydrogens is 278 g/mol. The third-order valence-corrected chi connectivity index (χ3v) is 3.47. The molecule has 1 aromatic carbocycles. The Morgan fingerprint density at radius 3 is 2.75 bits per heavy atom. The predicted molar refractivity (Wildman–Crippen MR) is 76.4 cm³/mol. The van der Waals surface area contributed by atoms with E-state index in [0.29, 0.717) is 17.0 Å². The van der Waals surface area contributed by atoms with Crippen molar-refractivity contribution in [3.8, 4) is 5.75 Å². The van der Waals surface area contributed by atoms with Crippen molar-refractivity contribution in [3.63, 3.8) is 0 Å². The van der Waals surface area contributed by atoms with Crippen molar-refractivity contribution in [3.05, 3.63) is 46.2 Å². The Labute approximate surface area is 119 Å². The molecule has 6 heteroatoms. The van der Waals surface area contributed by atoms with Crippen LogP contribution < -0.4 is 10.1 Å². The standard InChI is InChI=1S/C14H13NO4S/c1-9(16)15-11-4-2-3-5-12(11)19-8-10-6-7-20-13(10)14(17)18/h2-7H,8H2,1H3,(H,15,16)(H,17,18). The molecule has 0 aliphatic carbocycles. The minimum absolute atomic E-state index is 0.141. The lowest BCUT2D eigenvalue weighted by Gasteiger charge is -2.11. The first-order chi connectivity index (χ1) is 9.58. The van der Waals surface area contributed by atoms with Crippen LogP contribution in [0, 0.1) is 0 Å². The maximum atomic E-state index is 11.1. The predicted octanol–water partition coefficient (Wildman–Crippen LogP) is 2.98. The number of para-hydroxylation sites is 2. The molecule has 0 saturated carbocycles. The van der Waals surface area contributed by atoms with Crippen LogP contribution in [0.15, 0.2) is 35.7 Å². The van der Waals surface area contributed by atoms with Gasteiger partial charge >= 0.3 is 5.97 Å². The molecule has 0 unspecified atom stereocenters. The van der Waals surface area contributed by atoms with Gasteiger partial charge < -0.3 is 15.2 Å². The van der Waals surface area contributed by atoms with E-state index in [1.807, 2.05) is 0 Å². The number of carbonyl (C=O) groups excluding carboxylic acids is 1. The summed E-state index contributed by atoms with van der Waals surface area (Å²) in [5.74, 6) is -0.651. The minimum Gasteiger partial charge on any atom is -0.487 e. The lowest BCUT2D eigenvalue weighted by atomic mass is 10.2. The van der Waals surface area contributed by atoms with Crippen LogP contribution in [-0.2, 0) is 11.4 Å². The van der Waals surface area contributed by atoms with Crippen molar-refractivity contribution in [1.29, 1.82) is 0 Å². The Morgan fingerprint density at radius 1 is 1.30 bits per heavy atom. The lowest BCUT2D eigenvalue weighted by Crippen LogP contribution is -2.08. The van der Waals surface area contributed by atoms with Crippen LogP contribution in [0.3, 0.4) is 0 Å². The van der Waals surface area contributed by atoms with Crippen molar-refractivity contribution in [2.24, 2.45) is 0 Å². The summed E-state index contributed by atoms with van der Waals surface area (Å²) in [6.45, 7) is 1.56. The number of carbonyl (C=O) groups is 2. The van der Waals surface area contributed by atoms with E-state index in [-0.39, 0.29) is 17.4 Å². The second-order valence-corrected chi connectivity index (χ2v) is 4.96. The highest BCUT2D eigenvalue weighted by atomic mass is 32.1. The largest absolute Gasteiger partial charge is 0.487 e. The van der Waals surface area contributed by atoms with Crippen LogP contribution in [-0.4, -0.2) is 17.0 Å². The number of ether oxygens (including phenoxy) is 1. The van der Waals surface area contributed by atoms with Gasteiger partial charge in [0.05, 0.1) is 5.69 Å². The molecule has 0 radical (unpaired) electrons. The maximum absolute atomic E-state index is 11.1. The average molecular weight is 291 g/mol. The monoisotopic (exact) mass is 291 g/mol. The number of carboxylic acids is 1. The first-order valence-corrected chi connectivity index (χ1v) is 6.75. The summed E-state index contributed by atoms with van der Waals surface area (Å²) < 4.78 is 5.60. The summed E-state index contributed by atoms with van der Waals surface area (Å²) in [5.41, 5.74) is 1.17. The number of thiophene rings is 1. The Kier molecular flexibility index (Phi) is 4.37. The van der Waals surface area contributed by atoms with E-state index in [2.05, 4.69) is 5.32 Å². The zero-order chi connectivity index (χ0) is 14.5. The molecule has 0 bridgehead atoms. The van der Waals surface area contributed by atoms with E-state index in [4.69, 9.17) is 9.84 Å². The molecule has 20 heavy (non-hydrogen) atoms. The van der Waals surface area contributed by atoms with Crippen molar-refractivity contribution >= 4 is 28.9 Å². The van der Waals surface area contributed by atoms with Crippen molar-refractivity contribution in [2.75, 3.05) is 5.32 Å². The van der Waals surface area contributed by atoms with Gasteiger partial charge in [-0.3, -0.25) is 4.79 Å². The number of aromatic carboxylic acids is 1. The van der Waals surface area contributed by atoms with E-state index in [1.165, 1.54) is 6.92 Å². The smallest absolute Gasteiger partial charge is 0.346 e. The topological polar surface area (TPSA) is 75.6 Å². The molecule has 2 aromatic rings. The van der Waals surface area contributed by atoms with Gasteiger partial charge in [0, 0.05) is 12.5 Å². The summed E-state index contributed by atoms with van der Waals surface area (Å²) in [4.78, 5) is 22.4. The van der Waals surface area contributed by atoms with Crippen LogP contribution in [0.1, 0.15) is 22.2 Å². The van der Waals surface area contributed by atoms with E-state index < -0.39 is 5.97 Å². The quantitative estimate of drug-likeness (QED) is 0.888. The highest BCUT2D eigenvalue weighted by Gasteiger charge is 2.13. The van der Waals surface area contributed by atoms with Crippen molar-refractivity contribution in [2.45, 2.75) is 13.5 Å². The van der Waals surface area contributed by atoms with Crippen LogP contribution in [0.2, 0.25) is 0 Å². The number of hydrogen-bond donors (Lipinski definition) is 2. The Hall–Kier alpha value is -2.34. The van der Waals surface area contributed by atoms with Crippen LogP contribution in [0.25, 0.3) is 0 Å². The number of amides is 1. The van der Waals surface area contributed by atoms with Gasteiger partial charge in [0.2, 0.25) is 5.91 Å². The molecule has 2 N–H and O–H groups in total. The van der Waals surface area contributed by atoms with E-state index in [9.17, 15) is 9.59 Å². The Balaban J connectivity index is 2.13. The molecule has 0 fully saturated rings. The third-order valence-electron chi connectivity index (χ3n) is 2.52.